The van der Waals surface area contributed by atoms with Crippen LogP contribution in [-0.2, 0) is 0 Å². The van der Waals surface area contributed by atoms with E-state index in [1.165, 1.54) is 5.39 Å². The van der Waals surface area contributed by atoms with Gasteiger partial charge in [-0.05, 0) is 47.2 Å². The quantitative estimate of drug-likeness (QED) is 0.207. The monoisotopic (exact) mass is 582 g/mol. The molecule has 0 aliphatic rings. The number of aromatic nitrogens is 4. The molecular formula is C38H22N4OS. The molecule has 0 unspecified atom stereocenters. The van der Waals surface area contributed by atoms with E-state index in [-0.39, 0.29) is 0 Å². The third-order valence-corrected chi connectivity index (χ3v) is 9.07. The molecule has 0 fully saturated rings. The zero-order chi connectivity index (χ0) is 29.0. The van der Waals surface area contributed by atoms with Crippen molar-refractivity contribution in [3.05, 3.63) is 133 Å². The van der Waals surface area contributed by atoms with Gasteiger partial charge in [0.15, 0.2) is 23.1 Å². The first-order chi connectivity index (χ1) is 21.8. The SMILES string of the molecule is c1ccc(-c2nc(-c3ccc4ccccc4c3)nc(-c3ccc4c(c3)sc3ccc5oc(-c6ccccc6)nc5c34)n2)cc1. The highest BCUT2D eigenvalue weighted by Gasteiger charge is 2.17. The second-order valence-corrected chi connectivity index (χ2v) is 11.8. The summed E-state index contributed by atoms with van der Waals surface area (Å²) < 4.78 is 8.48. The summed E-state index contributed by atoms with van der Waals surface area (Å²) >= 11 is 1.74. The summed E-state index contributed by atoms with van der Waals surface area (Å²) in [4.78, 5) is 19.8. The van der Waals surface area contributed by atoms with Gasteiger partial charge in [0, 0.05) is 42.4 Å². The molecule has 0 saturated carbocycles. The predicted octanol–water partition coefficient (Wildman–Crippen LogP) is 10.2. The minimum atomic E-state index is 0.629. The van der Waals surface area contributed by atoms with Gasteiger partial charge in [0.1, 0.15) is 5.52 Å². The molecule has 6 heteroatoms. The first-order valence-corrected chi connectivity index (χ1v) is 15.2. The fourth-order valence-corrected chi connectivity index (χ4v) is 6.92. The number of fused-ring (bicyclic) bond motifs is 6. The van der Waals surface area contributed by atoms with Crippen molar-refractivity contribution in [2.75, 3.05) is 0 Å². The molecule has 6 aromatic carbocycles. The third kappa shape index (κ3) is 4.15. The smallest absolute Gasteiger partial charge is 0.227 e. The van der Waals surface area contributed by atoms with Crippen LogP contribution in [0.25, 0.3) is 87.7 Å². The molecule has 0 saturated heterocycles. The molecule has 9 aromatic rings. The first kappa shape index (κ1) is 24.8. The van der Waals surface area contributed by atoms with Crippen LogP contribution < -0.4 is 0 Å². The van der Waals surface area contributed by atoms with Crippen LogP contribution in [0, 0.1) is 0 Å². The van der Waals surface area contributed by atoms with E-state index in [4.69, 9.17) is 24.4 Å². The first-order valence-electron chi connectivity index (χ1n) is 14.4. The van der Waals surface area contributed by atoms with E-state index in [1.807, 2.05) is 66.7 Å². The molecular weight excluding hydrogens is 561 g/mol. The molecule has 5 nitrogen and oxygen atoms in total. The lowest BCUT2D eigenvalue weighted by Crippen LogP contribution is -2.00. The average molecular weight is 583 g/mol. The van der Waals surface area contributed by atoms with Crippen molar-refractivity contribution in [2.45, 2.75) is 0 Å². The number of thiophene rings is 1. The number of hydrogen-bond acceptors (Lipinski definition) is 6. The maximum Gasteiger partial charge on any atom is 0.227 e. The lowest BCUT2D eigenvalue weighted by atomic mass is 10.1. The van der Waals surface area contributed by atoms with Crippen LogP contribution >= 0.6 is 11.3 Å². The van der Waals surface area contributed by atoms with Crippen LogP contribution in [0.15, 0.2) is 138 Å². The highest BCUT2D eigenvalue weighted by atomic mass is 32.1. The summed E-state index contributed by atoms with van der Waals surface area (Å²) in [6.45, 7) is 0. The van der Waals surface area contributed by atoms with Crippen molar-refractivity contribution in [1.82, 2.24) is 19.9 Å². The lowest BCUT2D eigenvalue weighted by Gasteiger charge is -2.09. The van der Waals surface area contributed by atoms with Gasteiger partial charge in [-0.2, -0.15) is 0 Å². The van der Waals surface area contributed by atoms with Gasteiger partial charge in [0.2, 0.25) is 5.89 Å². The van der Waals surface area contributed by atoms with Gasteiger partial charge in [0.25, 0.3) is 0 Å². The molecule has 0 amide bonds. The molecule has 206 valence electrons. The Bertz CT molecular complexity index is 2500. The standard InChI is InChI=1S/C38H22N4OS/c1-3-10-24(11-4-1)35-40-36(27-16-15-23-9-7-8-14-26(23)21-27)42-37(41-35)28-17-18-29-32(22-28)44-31-20-19-30-34(33(29)31)39-38(43-30)25-12-5-2-6-13-25/h1-22H. The van der Waals surface area contributed by atoms with Gasteiger partial charge in [-0.15, -0.1) is 11.3 Å². The van der Waals surface area contributed by atoms with Gasteiger partial charge >= 0.3 is 0 Å². The molecule has 0 aliphatic carbocycles. The van der Waals surface area contributed by atoms with Gasteiger partial charge in [0.05, 0.1) is 0 Å². The molecule has 0 spiro atoms. The fourth-order valence-electron chi connectivity index (χ4n) is 5.77. The highest BCUT2D eigenvalue weighted by Crippen LogP contribution is 2.41. The molecule has 3 heterocycles. The van der Waals surface area contributed by atoms with Crippen LogP contribution in [-0.4, -0.2) is 19.9 Å². The Morgan fingerprint density at radius 3 is 1.86 bits per heavy atom. The number of benzene rings is 6. The van der Waals surface area contributed by atoms with E-state index < -0.39 is 0 Å². The van der Waals surface area contributed by atoms with Crippen LogP contribution in [0.5, 0.6) is 0 Å². The Morgan fingerprint density at radius 2 is 1.09 bits per heavy atom. The predicted molar refractivity (Wildman–Crippen MR) is 180 cm³/mol. The molecule has 44 heavy (non-hydrogen) atoms. The number of oxazole rings is 1. The Balaban J connectivity index is 1.21. The molecule has 0 radical (unpaired) electrons. The Hall–Kier alpha value is -5.72. The molecule has 3 aromatic heterocycles. The Morgan fingerprint density at radius 1 is 0.455 bits per heavy atom. The zero-order valence-corrected chi connectivity index (χ0v) is 24.1. The second-order valence-electron chi connectivity index (χ2n) is 10.7. The molecule has 0 aliphatic heterocycles. The van der Waals surface area contributed by atoms with Gasteiger partial charge in [-0.25, -0.2) is 19.9 Å². The van der Waals surface area contributed by atoms with Crippen LogP contribution in [0.4, 0.5) is 0 Å². The Labute approximate surface area is 256 Å². The van der Waals surface area contributed by atoms with Gasteiger partial charge in [-0.3, -0.25) is 0 Å². The van der Waals surface area contributed by atoms with Crippen molar-refractivity contribution in [3.8, 4) is 45.6 Å². The maximum absolute atomic E-state index is 6.18. The highest BCUT2D eigenvalue weighted by molar-refractivity contribution is 7.26. The lowest BCUT2D eigenvalue weighted by molar-refractivity contribution is 0.620. The van der Waals surface area contributed by atoms with E-state index in [0.717, 1.165) is 58.9 Å². The van der Waals surface area contributed by atoms with E-state index in [2.05, 4.69) is 66.7 Å². The minimum absolute atomic E-state index is 0.629. The summed E-state index contributed by atoms with van der Waals surface area (Å²) in [5, 5.41) is 4.58. The molecule has 0 N–H and O–H groups in total. The fraction of sp³-hybridized carbons (Fsp3) is 0. The van der Waals surface area contributed by atoms with Gasteiger partial charge in [-0.1, -0.05) is 97.1 Å². The number of rotatable bonds is 4. The van der Waals surface area contributed by atoms with Crippen molar-refractivity contribution in [1.29, 1.82) is 0 Å². The van der Waals surface area contributed by atoms with E-state index in [0.29, 0.717) is 23.4 Å². The molecule has 0 atom stereocenters. The summed E-state index contributed by atoms with van der Waals surface area (Å²) in [5.41, 5.74) is 5.46. The average Bonchev–Trinajstić information content (AvgIpc) is 3.70. The van der Waals surface area contributed by atoms with Crippen LogP contribution in [0.2, 0.25) is 0 Å². The largest absolute Gasteiger partial charge is 0.436 e. The van der Waals surface area contributed by atoms with Crippen molar-refractivity contribution in [3.63, 3.8) is 0 Å². The third-order valence-electron chi connectivity index (χ3n) is 7.95. The van der Waals surface area contributed by atoms with Crippen LogP contribution in [0.3, 0.4) is 0 Å². The number of hydrogen-bond donors (Lipinski definition) is 0. The topological polar surface area (TPSA) is 64.7 Å². The molecule has 0 bridgehead atoms. The normalized spacial score (nSPS) is 11.6. The van der Waals surface area contributed by atoms with Crippen molar-refractivity contribution in [2.24, 2.45) is 0 Å². The number of nitrogens with zero attached hydrogens (tertiary/aromatic N) is 4. The summed E-state index contributed by atoms with van der Waals surface area (Å²) in [5.74, 6) is 2.56. The summed E-state index contributed by atoms with van der Waals surface area (Å²) in [6.07, 6.45) is 0. The Kier molecular flexibility index (Phi) is 5.61. The molecule has 9 rings (SSSR count). The van der Waals surface area contributed by atoms with Gasteiger partial charge < -0.3 is 4.42 Å². The van der Waals surface area contributed by atoms with E-state index >= 15 is 0 Å². The van der Waals surface area contributed by atoms with E-state index in [9.17, 15) is 0 Å². The van der Waals surface area contributed by atoms with E-state index in [1.54, 1.807) is 11.3 Å². The van der Waals surface area contributed by atoms with Crippen LogP contribution in [0.1, 0.15) is 0 Å². The summed E-state index contributed by atoms with van der Waals surface area (Å²) in [7, 11) is 0. The summed E-state index contributed by atoms with van der Waals surface area (Å²) in [6, 6.07) is 45.3. The minimum Gasteiger partial charge on any atom is -0.436 e. The maximum atomic E-state index is 6.18. The second kappa shape index (κ2) is 9.93. The zero-order valence-electron chi connectivity index (χ0n) is 23.3. The van der Waals surface area contributed by atoms with Crippen molar-refractivity contribution >= 4 is 53.4 Å². The van der Waals surface area contributed by atoms with Crippen molar-refractivity contribution < 1.29 is 4.42 Å².